The van der Waals surface area contributed by atoms with E-state index in [0.717, 1.165) is 36.8 Å². The molecule has 0 radical (unpaired) electrons. The molecule has 2 aromatic rings. The fourth-order valence-electron chi connectivity index (χ4n) is 5.63. The van der Waals surface area contributed by atoms with Crippen molar-refractivity contribution in [1.82, 2.24) is 0 Å². The van der Waals surface area contributed by atoms with Crippen molar-refractivity contribution < 1.29 is 14.3 Å². The molecule has 3 rings (SSSR count). The zero-order valence-electron chi connectivity index (χ0n) is 23.8. The number of ether oxygens (including phenoxy) is 2. The van der Waals surface area contributed by atoms with Gasteiger partial charge < -0.3 is 9.47 Å². The molecule has 2 aromatic carbocycles. The number of hydrogen-bond donors (Lipinski definition) is 0. The first-order valence-electron chi connectivity index (χ1n) is 15.3. The Morgan fingerprint density at radius 3 is 2.00 bits per heavy atom. The lowest BCUT2D eigenvalue weighted by atomic mass is 9.78. The summed E-state index contributed by atoms with van der Waals surface area (Å²) in [5, 5.41) is 0. The SMILES string of the molecule is C=CCCCCCCCCCOc1ccc(C(=O)Oc2ccc(CCC3CCC(CCC)CC3)cc2)cc1. The summed E-state index contributed by atoms with van der Waals surface area (Å²) >= 11 is 0. The van der Waals surface area contributed by atoms with E-state index in [4.69, 9.17) is 9.47 Å². The summed E-state index contributed by atoms with van der Waals surface area (Å²) in [5.74, 6) is 2.90. The van der Waals surface area contributed by atoms with Gasteiger partial charge in [0, 0.05) is 0 Å². The average Bonchev–Trinajstić information content (AvgIpc) is 2.95. The van der Waals surface area contributed by atoms with E-state index >= 15 is 0 Å². The molecule has 0 atom stereocenters. The summed E-state index contributed by atoms with van der Waals surface area (Å²) in [4.78, 5) is 12.6. The van der Waals surface area contributed by atoms with Crippen LogP contribution in [-0.2, 0) is 6.42 Å². The average molecular weight is 519 g/mol. The van der Waals surface area contributed by atoms with Gasteiger partial charge in [-0.25, -0.2) is 4.79 Å². The van der Waals surface area contributed by atoms with Gasteiger partial charge in [-0.1, -0.05) is 95.8 Å². The second-order valence-corrected chi connectivity index (χ2v) is 11.2. The Bertz CT molecular complexity index is 907. The highest BCUT2D eigenvalue weighted by Crippen LogP contribution is 2.34. The monoisotopic (exact) mass is 518 g/mol. The number of esters is 1. The molecule has 0 heterocycles. The van der Waals surface area contributed by atoms with Crippen LogP contribution in [0.15, 0.2) is 61.2 Å². The highest BCUT2D eigenvalue weighted by atomic mass is 16.5. The molecule has 1 aliphatic carbocycles. The van der Waals surface area contributed by atoms with Gasteiger partial charge in [-0.2, -0.15) is 0 Å². The van der Waals surface area contributed by atoms with Gasteiger partial charge in [0.25, 0.3) is 0 Å². The van der Waals surface area contributed by atoms with Crippen molar-refractivity contribution in [2.45, 2.75) is 110 Å². The summed E-state index contributed by atoms with van der Waals surface area (Å²) in [7, 11) is 0. The van der Waals surface area contributed by atoms with Crippen LogP contribution in [0.2, 0.25) is 0 Å². The molecule has 0 N–H and O–H groups in total. The van der Waals surface area contributed by atoms with Gasteiger partial charge in [-0.05, 0) is 85.9 Å². The van der Waals surface area contributed by atoms with Gasteiger partial charge in [-0.15, -0.1) is 6.58 Å². The maximum Gasteiger partial charge on any atom is 0.343 e. The molecule has 0 aromatic heterocycles. The highest BCUT2D eigenvalue weighted by molar-refractivity contribution is 5.91. The molecule has 3 heteroatoms. The van der Waals surface area contributed by atoms with Gasteiger partial charge in [-0.3, -0.25) is 0 Å². The summed E-state index contributed by atoms with van der Waals surface area (Å²) in [6.07, 6.45) is 22.6. The Labute approximate surface area is 232 Å². The highest BCUT2D eigenvalue weighted by Gasteiger charge is 2.20. The van der Waals surface area contributed by atoms with Gasteiger partial charge in [0.05, 0.1) is 12.2 Å². The number of benzene rings is 2. The Balaban J connectivity index is 1.29. The van der Waals surface area contributed by atoms with E-state index in [-0.39, 0.29) is 5.97 Å². The lowest BCUT2D eigenvalue weighted by molar-refractivity contribution is 0.0734. The number of aryl methyl sites for hydroxylation is 1. The van der Waals surface area contributed by atoms with E-state index < -0.39 is 0 Å². The normalized spacial score (nSPS) is 17.2. The first kappa shape index (κ1) is 30.0. The Hall–Kier alpha value is -2.55. The second kappa shape index (κ2) is 17.9. The van der Waals surface area contributed by atoms with Crippen molar-refractivity contribution in [2.24, 2.45) is 11.8 Å². The second-order valence-electron chi connectivity index (χ2n) is 11.2. The largest absolute Gasteiger partial charge is 0.494 e. The van der Waals surface area contributed by atoms with Gasteiger partial charge in [0.2, 0.25) is 0 Å². The summed E-state index contributed by atoms with van der Waals surface area (Å²) in [5.41, 5.74) is 1.86. The smallest absolute Gasteiger partial charge is 0.343 e. The number of rotatable bonds is 18. The molecule has 38 heavy (non-hydrogen) atoms. The van der Waals surface area contributed by atoms with Crippen molar-refractivity contribution in [3.05, 3.63) is 72.3 Å². The van der Waals surface area contributed by atoms with E-state index in [0.29, 0.717) is 17.9 Å². The zero-order chi connectivity index (χ0) is 26.8. The zero-order valence-corrected chi connectivity index (χ0v) is 23.8. The quantitative estimate of drug-likeness (QED) is 0.0852. The minimum absolute atomic E-state index is 0.332. The molecular weight excluding hydrogens is 468 g/mol. The van der Waals surface area contributed by atoms with Gasteiger partial charge >= 0.3 is 5.97 Å². The lowest BCUT2D eigenvalue weighted by Crippen LogP contribution is -2.15. The van der Waals surface area contributed by atoms with E-state index in [2.05, 4.69) is 25.6 Å². The third-order valence-electron chi connectivity index (χ3n) is 8.05. The van der Waals surface area contributed by atoms with Crippen molar-refractivity contribution >= 4 is 5.97 Å². The third-order valence-corrected chi connectivity index (χ3v) is 8.05. The van der Waals surface area contributed by atoms with E-state index in [9.17, 15) is 4.79 Å². The molecule has 1 aliphatic rings. The Kier molecular flexibility index (Phi) is 14.1. The fraction of sp³-hybridized carbons (Fsp3) is 0.571. The van der Waals surface area contributed by atoms with Crippen LogP contribution in [-0.4, -0.2) is 12.6 Å². The van der Waals surface area contributed by atoms with Gasteiger partial charge in [0.15, 0.2) is 0 Å². The number of unbranched alkanes of at least 4 members (excludes halogenated alkanes) is 7. The van der Waals surface area contributed by atoms with Crippen molar-refractivity contribution in [1.29, 1.82) is 0 Å². The lowest BCUT2D eigenvalue weighted by Gasteiger charge is -2.28. The maximum absolute atomic E-state index is 12.6. The van der Waals surface area contributed by atoms with Crippen LogP contribution in [0.4, 0.5) is 0 Å². The molecule has 0 aliphatic heterocycles. The summed E-state index contributed by atoms with van der Waals surface area (Å²) in [6, 6.07) is 15.3. The minimum atomic E-state index is -0.332. The standard InChI is InChI=1S/C35H50O3/c1-3-5-6-7-8-9-10-11-12-28-37-33-26-22-32(23-27-33)35(36)38-34-24-20-31(21-25-34)19-18-30-16-14-29(13-4-2)15-17-30/h3,20-27,29-30H,1,4-19,28H2,2H3. The molecule has 0 unspecified atom stereocenters. The Morgan fingerprint density at radius 2 is 1.37 bits per heavy atom. The first-order chi connectivity index (χ1) is 18.7. The summed E-state index contributed by atoms with van der Waals surface area (Å²) < 4.78 is 11.5. The number of hydrogen-bond acceptors (Lipinski definition) is 3. The molecule has 0 bridgehead atoms. The molecule has 0 amide bonds. The predicted molar refractivity (Wildman–Crippen MR) is 159 cm³/mol. The van der Waals surface area contributed by atoms with Crippen molar-refractivity contribution in [3.8, 4) is 11.5 Å². The maximum atomic E-state index is 12.6. The Morgan fingerprint density at radius 1 is 0.789 bits per heavy atom. The van der Waals surface area contributed by atoms with Crippen LogP contribution >= 0.6 is 0 Å². The minimum Gasteiger partial charge on any atom is -0.494 e. The molecule has 1 fully saturated rings. The fourth-order valence-corrected chi connectivity index (χ4v) is 5.63. The van der Waals surface area contributed by atoms with E-state index in [1.165, 1.54) is 89.0 Å². The van der Waals surface area contributed by atoms with Crippen LogP contribution < -0.4 is 9.47 Å². The van der Waals surface area contributed by atoms with Crippen LogP contribution in [0.5, 0.6) is 11.5 Å². The molecule has 1 saturated carbocycles. The number of allylic oxidation sites excluding steroid dienone is 1. The number of carbonyl (C=O) groups excluding carboxylic acids is 1. The van der Waals surface area contributed by atoms with E-state index in [1.54, 1.807) is 12.1 Å². The van der Waals surface area contributed by atoms with E-state index in [1.807, 2.05) is 30.3 Å². The molecule has 208 valence electrons. The molecule has 3 nitrogen and oxygen atoms in total. The molecule has 0 saturated heterocycles. The van der Waals surface area contributed by atoms with Crippen LogP contribution in [0, 0.1) is 11.8 Å². The number of carbonyl (C=O) groups is 1. The van der Waals surface area contributed by atoms with Crippen LogP contribution in [0.3, 0.4) is 0 Å². The van der Waals surface area contributed by atoms with Crippen molar-refractivity contribution in [2.75, 3.05) is 6.61 Å². The predicted octanol–water partition coefficient (Wildman–Crippen LogP) is 10.1. The summed E-state index contributed by atoms with van der Waals surface area (Å²) in [6.45, 7) is 6.79. The van der Waals surface area contributed by atoms with Crippen LogP contribution in [0.25, 0.3) is 0 Å². The third kappa shape index (κ3) is 11.5. The van der Waals surface area contributed by atoms with Crippen molar-refractivity contribution in [3.63, 3.8) is 0 Å². The molecular formula is C35H50O3. The van der Waals surface area contributed by atoms with Gasteiger partial charge in [0.1, 0.15) is 11.5 Å². The van der Waals surface area contributed by atoms with Crippen LogP contribution in [0.1, 0.15) is 119 Å². The topological polar surface area (TPSA) is 35.5 Å². The molecule has 0 spiro atoms. The first-order valence-corrected chi connectivity index (χ1v) is 15.3.